The van der Waals surface area contributed by atoms with Crippen molar-refractivity contribution < 1.29 is 19.0 Å². The van der Waals surface area contributed by atoms with Gasteiger partial charge >= 0.3 is 0 Å². The second-order valence-corrected chi connectivity index (χ2v) is 4.24. The second kappa shape index (κ2) is 5.02. The van der Waals surface area contributed by atoms with Crippen molar-refractivity contribution in [3.63, 3.8) is 0 Å². The summed E-state index contributed by atoms with van der Waals surface area (Å²) in [5.74, 6) is -0.504. The molecule has 17 heavy (non-hydrogen) atoms. The summed E-state index contributed by atoms with van der Waals surface area (Å²) in [4.78, 5) is 0. The van der Waals surface area contributed by atoms with E-state index in [2.05, 4.69) is 0 Å². The summed E-state index contributed by atoms with van der Waals surface area (Å²) >= 11 is 0. The Bertz CT molecular complexity index is 360. The molecule has 94 valence electrons. The van der Waals surface area contributed by atoms with Crippen LogP contribution in [0, 0.1) is 5.82 Å². The summed E-state index contributed by atoms with van der Waals surface area (Å²) in [7, 11) is 0. The average Bonchev–Trinajstić information content (AvgIpc) is 2.29. The first-order chi connectivity index (χ1) is 8.16. The molecule has 0 aromatic heterocycles. The Kier molecular flexibility index (Phi) is 3.64. The Morgan fingerprint density at radius 1 is 1.35 bits per heavy atom. The first-order valence-electron chi connectivity index (χ1n) is 5.88. The lowest BCUT2D eigenvalue weighted by atomic mass is 9.86. The van der Waals surface area contributed by atoms with E-state index in [0.717, 1.165) is 6.07 Å². The predicted molar refractivity (Wildman–Crippen MR) is 61.4 cm³/mol. The van der Waals surface area contributed by atoms with E-state index in [4.69, 9.17) is 9.47 Å². The van der Waals surface area contributed by atoms with Crippen molar-refractivity contribution in [2.24, 2.45) is 0 Å². The monoisotopic (exact) mass is 240 g/mol. The fourth-order valence-electron chi connectivity index (χ4n) is 2.33. The molecule has 0 aliphatic carbocycles. The molecule has 1 aliphatic heterocycles. The van der Waals surface area contributed by atoms with Gasteiger partial charge in [-0.05, 0) is 24.6 Å². The number of hydrogen-bond donors (Lipinski definition) is 1. The third kappa shape index (κ3) is 2.58. The zero-order valence-electron chi connectivity index (χ0n) is 9.91. The third-order valence-corrected chi connectivity index (χ3v) is 3.13. The molecule has 0 atom stereocenters. The summed E-state index contributed by atoms with van der Waals surface area (Å²) in [6.07, 6.45) is 1.37. The Labute approximate surface area is 100 Å². The van der Waals surface area contributed by atoms with Gasteiger partial charge in [-0.1, -0.05) is 0 Å². The van der Waals surface area contributed by atoms with Crippen LogP contribution < -0.4 is 0 Å². The van der Waals surface area contributed by atoms with E-state index in [1.54, 1.807) is 6.07 Å². The van der Waals surface area contributed by atoms with Gasteiger partial charge < -0.3 is 14.6 Å². The molecule has 0 bridgehead atoms. The van der Waals surface area contributed by atoms with Crippen molar-refractivity contribution >= 4 is 0 Å². The van der Waals surface area contributed by atoms with E-state index in [0.29, 0.717) is 38.2 Å². The maximum absolute atomic E-state index is 13.3. The van der Waals surface area contributed by atoms with E-state index >= 15 is 0 Å². The lowest BCUT2D eigenvalue weighted by Crippen LogP contribution is -2.36. The number of rotatable bonds is 3. The molecule has 4 heteroatoms. The Balaban J connectivity index is 2.37. The number of aromatic hydroxyl groups is 1. The molecule has 0 unspecified atom stereocenters. The molecule has 1 aromatic carbocycles. The SMILES string of the molecule is CCOC1(c2cc(O)cc(F)c2)CCOCC1. The molecule has 1 aromatic rings. The molecule has 0 spiro atoms. The first-order valence-corrected chi connectivity index (χ1v) is 5.88. The molecule has 1 saturated heterocycles. The van der Waals surface area contributed by atoms with Gasteiger partial charge in [0.25, 0.3) is 0 Å². The first kappa shape index (κ1) is 12.3. The highest BCUT2D eigenvalue weighted by molar-refractivity contribution is 5.32. The quantitative estimate of drug-likeness (QED) is 0.882. The van der Waals surface area contributed by atoms with E-state index in [1.807, 2.05) is 6.92 Å². The smallest absolute Gasteiger partial charge is 0.127 e. The predicted octanol–water partition coefficient (Wildman–Crippen LogP) is 2.57. The molecule has 1 N–H and O–H groups in total. The molecule has 0 radical (unpaired) electrons. The summed E-state index contributed by atoms with van der Waals surface area (Å²) in [6, 6.07) is 4.10. The van der Waals surface area contributed by atoms with Crippen LogP contribution in [0.15, 0.2) is 18.2 Å². The van der Waals surface area contributed by atoms with Crippen molar-refractivity contribution in [3.8, 4) is 5.75 Å². The summed E-state index contributed by atoms with van der Waals surface area (Å²) in [5.41, 5.74) is 0.173. The second-order valence-electron chi connectivity index (χ2n) is 4.24. The lowest BCUT2D eigenvalue weighted by molar-refractivity contribution is -0.113. The van der Waals surface area contributed by atoms with Crippen LogP contribution in [0.5, 0.6) is 5.75 Å². The van der Waals surface area contributed by atoms with Crippen LogP contribution in [-0.2, 0) is 15.1 Å². The van der Waals surface area contributed by atoms with Crippen LogP contribution in [0.2, 0.25) is 0 Å². The Morgan fingerprint density at radius 3 is 2.65 bits per heavy atom. The van der Waals surface area contributed by atoms with Crippen LogP contribution >= 0.6 is 0 Å². The molecule has 0 amide bonds. The van der Waals surface area contributed by atoms with Gasteiger partial charge in [0.05, 0.1) is 5.60 Å². The largest absolute Gasteiger partial charge is 0.508 e. The number of benzene rings is 1. The Hall–Kier alpha value is -1.13. The zero-order chi connectivity index (χ0) is 12.3. The topological polar surface area (TPSA) is 38.7 Å². The highest BCUT2D eigenvalue weighted by Crippen LogP contribution is 2.37. The van der Waals surface area contributed by atoms with Gasteiger partial charge in [-0.15, -0.1) is 0 Å². The molecular weight excluding hydrogens is 223 g/mol. The van der Waals surface area contributed by atoms with Crippen molar-refractivity contribution in [1.82, 2.24) is 0 Å². The standard InChI is InChI=1S/C13H17FO3/c1-2-17-13(3-5-16-6-4-13)10-7-11(14)9-12(15)8-10/h7-9,15H,2-6H2,1H3. The molecule has 0 saturated carbocycles. The summed E-state index contributed by atoms with van der Waals surface area (Å²) in [6.45, 7) is 3.65. The minimum atomic E-state index is -0.521. The van der Waals surface area contributed by atoms with Crippen LogP contribution in [0.1, 0.15) is 25.3 Å². The molecular formula is C13H17FO3. The molecule has 1 aliphatic rings. The third-order valence-electron chi connectivity index (χ3n) is 3.13. The van der Waals surface area contributed by atoms with E-state index in [1.165, 1.54) is 6.07 Å². The van der Waals surface area contributed by atoms with Gasteiger partial charge in [0.15, 0.2) is 0 Å². The fourth-order valence-corrected chi connectivity index (χ4v) is 2.33. The minimum absolute atomic E-state index is 0.0643. The highest BCUT2D eigenvalue weighted by Gasteiger charge is 2.35. The molecule has 1 fully saturated rings. The van der Waals surface area contributed by atoms with Gasteiger partial charge in [0.2, 0.25) is 0 Å². The molecule has 3 nitrogen and oxygen atoms in total. The normalized spacial score (nSPS) is 19.2. The van der Waals surface area contributed by atoms with Gasteiger partial charge in [0, 0.05) is 38.7 Å². The Morgan fingerprint density at radius 2 is 2.06 bits per heavy atom. The lowest BCUT2D eigenvalue weighted by Gasteiger charge is -2.37. The number of phenols is 1. The molecule has 2 rings (SSSR count). The van der Waals surface area contributed by atoms with Crippen LogP contribution in [0.4, 0.5) is 4.39 Å². The number of halogens is 1. The number of hydrogen-bond acceptors (Lipinski definition) is 3. The van der Waals surface area contributed by atoms with Gasteiger partial charge in [-0.25, -0.2) is 4.39 Å². The van der Waals surface area contributed by atoms with Gasteiger partial charge in [-0.3, -0.25) is 0 Å². The van der Waals surface area contributed by atoms with E-state index in [9.17, 15) is 9.50 Å². The van der Waals surface area contributed by atoms with Gasteiger partial charge in [-0.2, -0.15) is 0 Å². The minimum Gasteiger partial charge on any atom is -0.508 e. The zero-order valence-corrected chi connectivity index (χ0v) is 9.91. The van der Waals surface area contributed by atoms with Crippen molar-refractivity contribution in [1.29, 1.82) is 0 Å². The van der Waals surface area contributed by atoms with Crippen LogP contribution in [-0.4, -0.2) is 24.9 Å². The van der Waals surface area contributed by atoms with Crippen LogP contribution in [0.3, 0.4) is 0 Å². The van der Waals surface area contributed by atoms with Gasteiger partial charge in [0.1, 0.15) is 11.6 Å². The van der Waals surface area contributed by atoms with Crippen molar-refractivity contribution in [2.45, 2.75) is 25.4 Å². The fraction of sp³-hybridized carbons (Fsp3) is 0.538. The summed E-state index contributed by atoms with van der Waals surface area (Å²) in [5, 5.41) is 9.48. The number of phenolic OH excluding ortho intramolecular Hbond substituents is 1. The maximum Gasteiger partial charge on any atom is 0.127 e. The number of ether oxygens (including phenoxy) is 2. The highest BCUT2D eigenvalue weighted by atomic mass is 19.1. The average molecular weight is 240 g/mol. The maximum atomic E-state index is 13.3. The van der Waals surface area contributed by atoms with E-state index in [-0.39, 0.29) is 5.75 Å². The van der Waals surface area contributed by atoms with E-state index < -0.39 is 11.4 Å². The van der Waals surface area contributed by atoms with Crippen molar-refractivity contribution in [2.75, 3.05) is 19.8 Å². The van der Waals surface area contributed by atoms with Crippen molar-refractivity contribution in [3.05, 3.63) is 29.6 Å². The van der Waals surface area contributed by atoms with Crippen LogP contribution in [0.25, 0.3) is 0 Å². The molecule has 1 heterocycles. The summed E-state index contributed by atoms with van der Waals surface area (Å²) < 4.78 is 24.5.